The van der Waals surface area contributed by atoms with Gasteiger partial charge in [0.15, 0.2) is 0 Å². The average molecular weight is 386 g/mol. The zero-order chi connectivity index (χ0) is 18.8. The fraction of sp³-hybridized carbons (Fsp3) is 0.435. The fourth-order valence-electron chi connectivity index (χ4n) is 4.26. The van der Waals surface area contributed by atoms with E-state index in [4.69, 9.17) is 11.6 Å². The van der Waals surface area contributed by atoms with E-state index in [1.54, 1.807) is 6.07 Å². The van der Waals surface area contributed by atoms with E-state index >= 15 is 0 Å². The minimum Gasteiger partial charge on any atom is -0.323 e. The van der Waals surface area contributed by atoms with E-state index in [0.717, 1.165) is 49.1 Å². The molecular weight excluding hydrogens is 361 g/mol. The maximum Gasteiger partial charge on any atom is 0.232 e. The number of nitrogens with one attached hydrogen (secondary N) is 1. The van der Waals surface area contributed by atoms with Gasteiger partial charge in [-0.1, -0.05) is 42.6 Å². The molecule has 2 nitrogen and oxygen atoms in total. The lowest BCUT2D eigenvalue weighted by Crippen LogP contribution is -2.27. The molecule has 0 unspecified atom stereocenters. The third-order valence-corrected chi connectivity index (χ3v) is 6.14. The van der Waals surface area contributed by atoms with E-state index in [-0.39, 0.29) is 17.6 Å². The summed E-state index contributed by atoms with van der Waals surface area (Å²) in [5, 5.41) is 3.54. The van der Waals surface area contributed by atoms with Crippen LogP contribution in [0.5, 0.6) is 0 Å². The first-order chi connectivity index (χ1) is 13.1. The first-order valence-electron chi connectivity index (χ1n) is 9.95. The Morgan fingerprint density at radius 1 is 1.07 bits per heavy atom. The average Bonchev–Trinajstić information content (AvgIpc) is 3.31. The number of amides is 1. The van der Waals surface area contributed by atoms with Gasteiger partial charge in [0.1, 0.15) is 5.82 Å². The molecule has 0 spiro atoms. The van der Waals surface area contributed by atoms with Gasteiger partial charge in [-0.3, -0.25) is 4.79 Å². The maximum absolute atomic E-state index is 14.3. The molecule has 1 amide bonds. The largest absolute Gasteiger partial charge is 0.323 e. The van der Waals surface area contributed by atoms with Gasteiger partial charge in [0, 0.05) is 5.02 Å². The zero-order valence-electron chi connectivity index (χ0n) is 15.4. The van der Waals surface area contributed by atoms with Crippen LogP contribution in [0.15, 0.2) is 42.5 Å². The summed E-state index contributed by atoms with van der Waals surface area (Å²) in [5.74, 6) is 0.260. The lowest BCUT2D eigenvalue weighted by Gasteiger charge is -2.23. The highest BCUT2D eigenvalue weighted by molar-refractivity contribution is 6.30. The molecule has 2 aliphatic carbocycles. The first kappa shape index (κ1) is 18.5. The van der Waals surface area contributed by atoms with Crippen LogP contribution in [0.3, 0.4) is 0 Å². The first-order valence-corrected chi connectivity index (χ1v) is 10.3. The molecule has 4 rings (SSSR count). The summed E-state index contributed by atoms with van der Waals surface area (Å²) < 4.78 is 14.3. The van der Waals surface area contributed by atoms with Crippen molar-refractivity contribution in [2.45, 2.75) is 50.9 Å². The standard InChI is InChI=1S/C23H25ClFNO/c24-19-10-8-18(9-11-19)22(17-3-1-2-4-17)23(27)26-21-14-16(7-12-20(21)25)13-15-5-6-15/h7-12,14-15,17,22H,1-6,13H2,(H,26,27)/t22-/m1/s1. The number of rotatable bonds is 6. The molecule has 1 atom stereocenters. The van der Waals surface area contributed by atoms with E-state index in [1.807, 2.05) is 30.3 Å². The van der Waals surface area contributed by atoms with Crippen molar-refractivity contribution < 1.29 is 9.18 Å². The molecule has 0 radical (unpaired) electrons. The third-order valence-electron chi connectivity index (χ3n) is 5.89. The molecule has 2 aromatic rings. The maximum atomic E-state index is 14.3. The molecule has 0 aliphatic heterocycles. The molecule has 2 saturated carbocycles. The Morgan fingerprint density at radius 3 is 2.44 bits per heavy atom. The van der Waals surface area contributed by atoms with Gasteiger partial charge >= 0.3 is 0 Å². The molecule has 27 heavy (non-hydrogen) atoms. The van der Waals surface area contributed by atoms with Gasteiger partial charge in [0.05, 0.1) is 11.6 Å². The molecule has 0 heterocycles. The summed E-state index contributed by atoms with van der Waals surface area (Å²) in [6.45, 7) is 0. The minimum absolute atomic E-state index is 0.119. The summed E-state index contributed by atoms with van der Waals surface area (Å²) in [4.78, 5) is 13.2. The van der Waals surface area contributed by atoms with Crippen molar-refractivity contribution in [3.05, 3.63) is 64.4 Å². The van der Waals surface area contributed by atoms with Crippen LogP contribution >= 0.6 is 11.6 Å². The van der Waals surface area contributed by atoms with Crippen molar-refractivity contribution in [1.29, 1.82) is 0 Å². The highest BCUT2D eigenvalue weighted by Gasteiger charge is 2.32. The molecule has 2 aromatic carbocycles. The molecule has 4 heteroatoms. The number of carbonyl (C=O) groups excluding carboxylic acids is 1. The number of hydrogen-bond acceptors (Lipinski definition) is 1. The summed E-state index contributed by atoms with van der Waals surface area (Å²) in [7, 11) is 0. The molecule has 2 fully saturated rings. The molecule has 2 aliphatic rings. The van der Waals surface area contributed by atoms with Crippen molar-refractivity contribution in [3.63, 3.8) is 0 Å². The molecule has 0 saturated heterocycles. The van der Waals surface area contributed by atoms with Crippen molar-refractivity contribution in [2.75, 3.05) is 5.32 Å². The van der Waals surface area contributed by atoms with Gasteiger partial charge in [0.2, 0.25) is 5.91 Å². The Hall–Kier alpha value is -1.87. The fourth-order valence-corrected chi connectivity index (χ4v) is 4.39. The Kier molecular flexibility index (Phi) is 5.49. The van der Waals surface area contributed by atoms with Crippen LogP contribution in [0.4, 0.5) is 10.1 Å². The lowest BCUT2D eigenvalue weighted by molar-refractivity contribution is -0.118. The van der Waals surface area contributed by atoms with Crippen LogP contribution in [0.2, 0.25) is 5.02 Å². The number of benzene rings is 2. The normalized spacial score (nSPS) is 18.4. The summed E-state index contributed by atoms with van der Waals surface area (Å²) >= 11 is 6.02. The highest BCUT2D eigenvalue weighted by Crippen LogP contribution is 2.39. The molecule has 1 N–H and O–H groups in total. The van der Waals surface area contributed by atoms with Crippen LogP contribution in [0.25, 0.3) is 0 Å². The van der Waals surface area contributed by atoms with E-state index in [0.29, 0.717) is 16.6 Å². The van der Waals surface area contributed by atoms with Crippen LogP contribution in [0, 0.1) is 17.7 Å². The summed E-state index contributed by atoms with van der Waals surface area (Å²) in [5.41, 5.74) is 2.35. The van der Waals surface area contributed by atoms with Gasteiger partial charge in [0.25, 0.3) is 0 Å². The Balaban J connectivity index is 1.57. The van der Waals surface area contributed by atoms with Crippen LogP contribution in [-0.2, 0) is 11.2 Å². The quantitative estimate of drug-likeness (QED) is 0.617. The Labute approximate surface area is 165 Å². The van der Waals surface area contributed by atoms with Crippen LogP contribution in [-0.4, -0.2) is 5.91 Å². The second-order valence-corrected chi connectivity index (χ2v) is 8.46. The Morgan fingerprint density at radius 2 is 1.78 bits per heavy atom. The second kappa shape index (κ2) is 8.02. The van der Waals surface area contributed by atoms with E-state index in [1.165, 1.54) is 18.9 Å². The summed E-state index contributed by atoms with van der Waals surface area (Å²) in [6, 6.07) is 12.6. The second-order valence-electron chi connectivity index (χ2n) is 8.02. The third kappa shape index (κ3) is 4.52. The van der Waals surface area contributed by atoms with Crippen molar-refractivity contribution >= 4 is 23.2 Å². The van der Waals surface area contributed by atoms with Gasteiger partial charge in [-0.2, -0.15) is 0 Å². The Bertz CT molecular complexity index is 810. The van der Waals surface area contributed by atoms with Crippen molar-refractivity contribution in [2.24, 2.45) is 11.8 Å². The number of carbonyl (C=O) groups is 1. The van der Waals surface area contributed by atoms with Gasteiger partial charge in [-0.25, -0.2) is 4.39 Å². The van der Waals surface area contributed by atoms with Crippen molar-refractivity contribution in [1.82, 2.24) is 0 Å². The lowest BCUT2D eigenvalue weighted by atomic mass is 9.84. The molecule has 142 valence electrons. The van der Waals surface area contributed by atoms with Gasteiger partial charge in [-0.05, 0) is 79.3 Å². The van der Waals surface area contributed by atoms with Crippen LogP contribution in [0.1, 0.15) is 55.6 Å². The zero-order valence-corrected chi connectivity index (χ0v) is 16.1. The minimum atomic E-state index is -0.371. The predicted octanol–water partition coefficient (Wildman–Crippen LogP) is 6.34. The van der Waals surface area contributed by atoms with Crippen molar-refractivity contribution in [3.8, 4) is 0 Å². The smallest absolute Gasteiger partial charge is 0.232 e. The van der Waals surface area contributed by atoms with E-state index in [2.05, 4.69) is 5.32 Å². The number of halogens is 2. The van der Waals surface area contributed by atoms with E-state index < -0.39 is 0 Å². The topological polar surface area (TPSA) is 29.1 Å². The summed E-state index contributed by atoms with van der Waals surface area (Å²) in [6.07, 6.45) is 7.82. The SMILES string of the molecule is O=C(Nc1cc(CC2CC2)ccc1F)[C@@H](c1ccc(Cl)cc1)C1CCCC1. The monoisotopic (exact) mass is 385 g/mol. The molecular formula is C23H25ClFNO. The van der Waals surface area contributed by atoms with Gasteiger partial charge in [-0.15, -0.1) is 0 Å². The predicted molar refractivity (Wildman–Crippen MR) is 108 cm³/mol. The highest BCUT2D eigenvalue weighted by atomic mass is 35.5. The molecule has 0 aromatic heterocycles. The number of anilines is 1. The number of hydrogen-bond donors (Lipinski definition) is 1. The van der Waals surface area contributed by atoms with E-state index in [9.17, 15) is 9.18 Å². The van der Waals surface area contributed by atoms with Gasteiger partial charge < -0.3 is 5.32 Å². The molecule has 0 bridgehead atoms. The van der Waals surface area contributed by atoms with Crippen LogP contribution < -0.4 is 5.32 Å².